The molecule has 0 bridgehead atoms. The minimum atomic E-state index is -1.08. The highest BCUT2D eigenvalue weighted by Crippen LogP contribution is 2.35. The molecular formula is C22H23N3O7. The monoisotopic (exact) mass is 441 g/mol. The lowest BCUT2D eigenvalue weighted by atomic mass is 10.1. The van der Waals surface area contributed by atoms with Gasteiger partial charge in [0.2, 0.25) is 12.6 Å². The lowest BCUT2D eigenvalue weighted by Crippen LogP contribution is -2.41. The first-order valence-electron chi connectivity index (χ1n) is 10.0. The Hall–Kier alpha value is -3.82. The van der Waals surface area contributed by atoms with Gasteiger partial charge in [0.1, 0.15) is 12.1 Å². The molecule has 2 aromatic rings. The molecule has 1 aromatic heterocycles. The Balaban J connectivity index is 1.43. The number of ketones is 1. The fourth-order valence-electron chi connectivity index (χ4n) is 3.83. The zero-order valence-electron chi connectivity index (χ0n) is 18.2. The van der Waals surface area contributed by atoms with Crippen molar-refractivity contribution in [3.63, 3.8) is 0 Å². The number of ether oxygens (including phenoxy) is 3. The van der Waals surface area contributed by atoms with E-state index in [1.807, 2.05) is 23.6 Å². The molecule has 0 atom stereocenters. The second-order valence-corrected chi connectivity index (χ2v) is 8.19. The smallest absolute Gasteiger partial charge is 0.326 e. The molecule has 32 heavy (non-hydrogen) atoms. The molecule has 2 aliphatic rings. The van der Waals surface area contributed by atoms with E-state index in [4.69, 9.17) is 14.2 Å². The van der Waals surface area contributed by atoms with Crippen molar-refractivity contribution in [1.29, 1.82) is 0 Å². The predicted molar refractivity (Wildman–Crippen MR) is 111 cm³/mol. The number of aromatic nitrogens is 1. The van der Waals surface area contributed by atoms with Crippen LogP contribution in [-0.4, -0.2) is 58.6 Å². The Bertz CT molecular complexity index is 1150. The number of amides is 3. The van der Waals surface area contributed by atoms with Crippen LogP contribution in [0.1, 0.15) is 35.6 Å². The zero-order chi connectivity index (χ0) is 23.2. The molecule has 10 heteroatoms. The van der Waals surface area contributed by atoms with Crippen LogP contribution in [0.4, 0.5) is 4.79 Å². The molecule has 0 saturated carbocycles. The molecule has 1 N–H and O–H groups in total. The summed E-state index contributed by atoms with van der Waals surface area (Å²) >= 11 is 0. The first kappa shape index (κ1) is 21.4. The van der Waals surface area contributed by atoms with E-state index < -0.39 is 42.4 Å². The highest BCUT2D eigenvalue weighted by atomic mass is 16.7. The van der Waals surface area contributed by atoms with E-state index >= 15 is 0 Å². The van der Waals surface area contributed by atoms with Gasteiger partial charge in [0.15, 0.2) is 18.1 Å². The highest BCUT2D eigenvalue weighted by molar-refractivity contribution is 6.08. The minimum absolute atomic E-state index is 0.166. The van der Waals surface area contributed by atoms with Crippen LogP contribution in [0.5, 0.6) is 11.5 Å². The minimum Gasteiger partial charge on any atom is -0.456 e. The fourth-order valence-corrected chi connectivity index (χ4v) is 3.83. The molecule has 1 aromatic carbocycles. The molecule has 10 nitrogen and oxygen atoms in total. The summed E-state index contributed by atoms with van der Waals surface area (Å²) in [5.74, 6) is -0.480. The number of carbonyl (C=O) groups is 4. The Labute approximate surface area is 184 Å². The number of nitrogens with zero attached hydrogens (tertiary/aromatic N) is 2. The van der Waals surface area contributed by atoms with Gasteiger partial charge in [-0.25, -0.2) is 4.79 Å². The summed E-state index contributed by atoms with van der Waals surface area (Å²) in [6, 6.07) is 6.54. The molecular weight excluding hydrogens is 418 g/mol. The number of hydrogen-bond acceptors (Lipinski definition) is 7. The van der Waals surface area contributed by atoms with Gasteiger partial charge >= 0.3 is 12.0 Å². The predicted octanol–water partition coefficient (Wildman–Crippen LogP) is 1.88. The molecule has 0 aliphatic carbocycles. The number of hydrogen-bond donors (Lipinski definition) is 1. The van der Waals surface area contributed by atoms with Crippen molar-refractivity contribution in [1.82, 2.24) is 14.8 Å². The van der Waals surface area contributed by atoms with Crippen molar-refractivity contribution in [2.75, 3.05) is 19.9 Å². The molecule has 4 rings (SSSR count). The summed E-state index contributed by atoms with van der Waals surface area (Å²) in [5, 5.41) is 2.48. The molecule has 0 unspecified atom stereocenters. The molecule has 168 valence electrons. The topological polar surface area (TPSA) is 116 Å². The standard InChI is InChI=1S/C22H23N3O7/c1-12-7-15(13(2)25(12)14-5-6-17-18(8-14)32-11-31-17)16(26)10-30-19(27)9-24-20(28)22(3,4)23-21(24)29/h5-8H,9-11H2,1-4H3,(H,23,29). The first-order valence-corrected chi connectivity index (χ1v) is 10.0. The van der Waals surface area contributed by atoms with Crippen LogP contribution in [-0.2, 0) is 14.3 Å². The normalized spacial score (nSPS) is 16.3. The Morgan fingerprint density at radius 1 is 1.12 bits per heavy atom. The summed E-state index contributed by atoms with van der Waals surface area (Å²) < 4.78 is 17.7. The summed E-state index contributed by atoms with van der Waals surface area (Å²) in [5.41, 5.74) is 1.63. The maximum atomic E-state index is 12.7. The van der Waals surface area contributed by atoms with Gasteiger partial charge in [-0.15, -0.1) is 0 Å². The largest absolute Gasteiger partial charge is 0.456 e. The molecule has 0 radical (unpaired) electrons. The van der Waals surface area contributed by atoms with Crippen molar-refractivity contribution in [2.45, 2.75) is 33.2 Å². The average Bonchev–Trinajstić information content (AvgIpc) is 3.37. The van der Waals surface area contributed by atoms with E-state index in [1.54, 1.807) is 19.1 Å². The van der Waals surface area contributed by atoms with Gasteiger partial charge in [0.25, 0.3) is 5.91 Å². The third-order valence-corrected chi connectivity index (χ3v) is 5.44. The van der Waals surface area contributed by atoms with E-state index in [0.29, 0.717) is 22.8 Å². The molecule has 1 saturated heterocycles. The third kappa shape index (κ3) is 3.68. The Morgan fingerprint density at radius 3 is 2.53 bits per heavy atom. The molecule has 2 aliphatic heterocycles. The lowest BCUT2D eigenvalue weighted by molar-refractivity contribution is -0.146. The fraction of sp³-hybridized carbons (Fsp3) is 0.364. The van der Waals surface area contributed by atoms with Gasteiger partial charge in [-0.05, 0) is 45.9 Å². The summed E-state index contributed by atoms with van der Waals surface area (Å²) in [7, 11) is 0. The van der Waals surface area contributed by atoms with Crippen LogP contribution in [0, 0.1) is 13.8 Å². The maximum absolute atomic E-state index is 12.7. The van der Waals surface area contributed by atoms with E-state index in [2.05, 4.69) is 5.32 Å². The number of aryl methyl sites for hydroxylation is 1. The van der Waals surface area contributed by atoms with Crippen LogP contribution in [0.3, 0.4) is 0 Å². The number of Topliss-reactive ketones (excluding diaryl/α,β-unsaturated/α-hetero) is 1. The van der Waals surface area contributed by atoms with Crippen molar-refractivity contribution >= 4 is 23.7 Å². The first-order chi connectivity index (χ1) is 15.1. The van der Waals surface area contributed by atoms with Crippen molar-refractivity contribution < 1.29 is 33.4 Å². The van der Waals surface area contributed by atoms with Gasteiger partial charge in [-0.1, -0.05) is 0 Å². The van der Waals surface area contributed by atoms with Gasteiger partial charge in [-0.2, -0.15) is 0 Å². The molecule has 1 fully saturated rings. The van der Waals surface area contributed by atoms with Crippen LogP contribution < -0.4 is 14.8 Å². The van der Waals surface area contributed by atoms with Gasteiger partial charge in [-0.3, -0.25) is 19.3 Å². The Kier molecular flexibility index (Phi) is 5.15. The second-order valence-electron chi connectivity index (χ2n) is 8.19. The number of rotatable bonds is 6. The number of fused-ring (bicyclic) bond motifs is 1. The van der Waals surface area contributed by atoms with Crippen LogP contribution >= 0.6 is 0 Å². The Morgan fingerprint density at radius 2 is 1.84 bits per heavy atom. The second kappa shape index (κ2) is 7.70. The van der Waals surface area contributed by atoms with Crippen molar-refractivity contribution in [2.24, 2.45) is 0 Å². The summed E-state index contributed by atoms with van der Waals surface area (Å²) in [4.78, 5) is 49.7. The number of benzene rings is 1. The van der Waals surface area contributed by atoms with E-state index in [9.17, 15) is 19.2 Å². The molecule has 0 spiro atoms. The van der Waals surface area contributed by atoms with E-state index in [-0.39, 0.29) is 6.79 Å². The summed E-state index contributed by atoms with van der Waals surface area (Å²) in [6.07, 6.45) is 0. The van der Waals surface area contributed by atoms with Crippen molar-refractivity contribution in [3.05, 3.63) is 41.2 Å². The van der Waals surface area contributed by atoms with E-state index in [1.165, 1.54) is 13.8 Å². The number of carbonyl (C=O) groups excluding carboxylic acids is 4. The molecule has 3 amide bonds. The van der Waals surface area contributed by atoms with Gasteiger partial charge in [0.05, 0.1) is 0 Å². The maximum Gasteiger partial charge on any atom is 0.326 e. The van der Waals surface area contributed by atoms with Crippen molar-refractivity contribution in [3.8, 4) is 17.2 Å². The quantitative estimate of drug-likeness (QED) is 0.413. The SMILES string of the molecule is Cc1cc(C(=O)COC(=O)CN2C(=O)NC(C)(C)C2=O)c(C)n1-c1ccc2c(c1)OCO2. The summed E-state index contributed by atoms with van der Waals surface area (Å²) in [6.45, 7) is 5.84. The van der Waals surface area contributed by atoms with E-state index in [0.717, 1.165) is 16.3 Å². The van der Waals surface area contributed by atoms with Crippen LogP contribution in [0.2, 0.25) is 0 Å². The van der Waals surface area contributed by atoms with Gasteiger partial charge in [0, 0.05) is 28.7 Å². The van der Waals surface area contributed by atoms with Gasteiger partial charge < -0.3 is 24.1 Å². The zero-order valence-corrected chi connectivity index (χ0v) is 18.2. The third-order valence-electron chi connectivity index (χ3n) is 5.44. The number of esters is 1. The number of urea groups is 1. The highest BCUT2D eigenvalue weighted by Gasteiger charge is 2.45. The van der Waals surface area contributed by atoms with Crippen LogP contribution in [0.25, 0.3) is 5.69 Å². The number of nitrogens with one attached hydrogen (secondary N) is 1. The average molecular weight is 441 g/mol. The van der Waals surface area contributed by atoms with Crippen LogP contribution in [0.15, 0.2) is 24.3 Å². The number of imide groups is 1. The molecule has 3 heterocycles. The lowest BCUT2D eigenvalue weighted by Gasteiger charge is -2.15.